The number of carbonyl (C=O) groups is 1. The number of nitrogens with zero attached hydrogens (tertiary/aromatic N) is 1. The fourth-order valence-electron chi connectivity index (χ4n) is 2.49. The van der Waals surface area contributed by atoms with Crippen molar-refractivity contribution in [3.05, 3.63) is 58.1 Å². The lowest BCUT2D eigenvalue weighted by Gasteiger charge is -2.07. The number of benzene rings is 2. The maximum atomic E-state index is 12.2. The minimum absolute atomic E-state index is 0.236. The van der Waals surface area contributed by atoms with Gasteiger partial charge < -0.3 is 5.32 Å². The van der Waals surface area contributed by atoms with Gasteiger partial charge in [-0.1, -0.05) is 52.7 Å². The highest BCUT2D eigenvalue weighted by atomic mass is 79.9. The van der Waals surface area contributed by atoms with Gasteiger partial charge in [0.2, 0.25) is 0 Å². The van der Waals surface area contributed by atoms with Crippen molar-refractivity contribution in [3.63, 3.8) is 0 Å². The molecule has 0 aliphatic rings. The van der Waals surface area contributed by atoms with Crippen LogP contribution in [0.1, 0.15) is 35.7 Å². The highest BCUT2D eigenvalue weighted by molar-refractivity contribution is 9.10. The van der Waals surface area contributed by atoms with E-state index in [-0.39, 0.29) is 11.0 Å². The zero-order valence-corrected chi connectivity index (χ0v) is 17.4. The average Bonchev–Trinajstić information content (AvgIpc) is 3.01. The van der Waals surface area contributed by atoms with Gasteiger partial charge in [0.1, 0.15) is 0 Å². The number of hydrogen-bond acceptors (Lipinski definition) is 4. The molecule has 134 valence electrons. The average molecular weight is 448 g/mol. The number of halogens is 1. The summed E-state index contributed by atoms with van der Waals surface area (Å²) in [6, 6.07) is 13.5. The largest absolute Gasteiger partial charge is 0.308 e. The van der Waals surface area contributed by atoms with Crippen LogP contribution in [0, 0.1) is 0 Å². The molecule has 3 aromatic rings. The summed E-state index contributed by atoms with van der Waals surface area (Å²) in [5, 5.41) is 6.60. The number of fused-ring (bicyclic) bond motifs is 1. The number of thiazole rings is 1. The Bertz CT molecular complexity index is 955. The van der Waals surface area contributed by atoms with Gasteiger partial charge in [0, 0.05) is 10.0 Å². The van der Waals surface area contributed by atoms with E-state index in [1.54, 1.807) is 18.2 Å². The van der Waals surface area contributed by atoms with Crippen molar-refractivity contribution in [2.75, 3.05) is 5.32 Å². The lowest BCUT2D eigenvalue weighted by atomic mass is 10.1. The van der Waals surface area contributed by atoms with Crippen molar-refractivity contribution in [1.29, 1.82) is 0 Å². The Labute approximate surface area is 170 Å². The molecule has 0 aliphatic heterocycles. The summed E-state index contributed by atoms with van der Waals surface area (Å²) in [4.78, 5) is 16.8. The Morgan fingerprint density at radius 3 is 2.88 bits per heavy atom. The lowest BCUT2D eigenvalue weighted by Crippen LogP contribution is -2.34. The van der Waals surface area contributed by atoms with E-state index in [9.17, 15) is 4.79 Å². The van der Waals surface area contributed by atoms with Gasteiger partial charge in [-0.3, -0.25) is 10.1 Å². The third kappa shape index (κ3) is 4.87. The van der Waals surface area contributed by atoms with E-state index in [0.29, 0.717) is 10.7 Å². The molecule has 1 amide bonds. The second-order valence-electron chi connectivity index (χ2n) is 5.84. The van der Waals surface area contributed by atoms with Crippen LogP contribution in [0.4, 0.5) is 5.13 Å². The summed E-state index contributed by atoms with van der Waals surface area (Å²) in [6.07, 6.45) is 3.44. The van der Waals surface area contributed by atoms with Crippen LogP contribution >= 0.6 is 39.5 Å². The number of hydrogen-bond donors (Lipinski definition) is 2. The maximum absolute atomic E-state index is 12.2. The summed E-state index contributed by atoms with van der Waals surface area (Å²) in [5.74, 6) is -0.258. The first-order chi connectivity index (χ1) is 12.5. The van der Waals surface area contributed by atoms with Crippen molar-refractivity contribution >= 4 is 65.9 Å². The molecule has 2 aromatic carbocycles. The smallest absolute Gasteiger partial charge is 0.257 e. The van der Waals surface area contributed by atoms with E-state index in [0.717, 1.165) is 21.1 Å². The number of carbonyl (C=O) groups excluding carboxylic acids is 1. The number of rotatable bonds is 5. The molecular formula is C19H18BrN3OS2. The predicted molar refractivity (Wildman–Crippen MR) is 116 cm³/mol. The van der Waals surface area contributed by atoms with Crippen LogP contribution in [-0.4, -0.2) is 16.0 Å². The van der Waals surface area contributed by atoms with Crippen molar-refractivity contribution in [2.24, 2.45) is 0 Å². The van der Waals surface area contributed by atoms with Gasteiger partial charge in [-0.05, 0) is 61.0 Å². The molecule has 4 nitrogen and oxygen atoms in total. The molecule has 0 aliphatic carbocycles. The molecule has 0 saturated carbocycles. The SMILES string of the molecule is CCCCc1ccc2nc(NC(=S)NC(=O)c3cccc(Br)c3)sc2c1. The van der Waals surface area contributed by atoms with Crippen LogP contribution in [0.2, 0.25) is 0 Å². The normalized spacial score (nSPS) is 10.7. The van der Waals surface area contributed by atoms with Crippen LogP contribution in [0.25, 0.3) is 10.2 Å². The first-order valence-electron chi connectivity index (χ1n) is 8.32. The Morgan fingerprint density at radius 2 is 2.12 bits per heavy atom. The number of anilines is 1. The second kappa shape index (κ2) is 8.70. The van der Waals surface area contributed by atoms with Crippen LogP contribution in [0.5, 0.6) is 0 Å². The van der Waals surface area contributed by atoms with E-state index in [2.05, 4.69) is 50.6 Å². The number of nitrogens with one attached hydrogen (secondary N) is 2. The fraction of sp³-hybridized carbons (Fsp3) is 0.211. The summed E-state index contributed by atoms with van der Waals surface area (Å²) in [6.45, 7) is 2.19. The molecule has 3 rings (SSSR count). The summed E-state index contributed by atoms with van der Waals surface area (Å²) in [5.41, 5.74) is 2.78. The minimum Gasteiger partial charge on any atom is -0.308 e. The lowest BCUT2D eigenvalue weighted by molar-refractivity contribution is 0.0977. The molecule has 1 aromatic heterocycles. The summed E-state index contributed by atoms with van der Waals surface area (Å²) >= 11 is 10.1. The molecule has 2 N–H and O–H groups in total. The molecule has 0 bridgehead atoms. The van der Waals surface area contributed by atoms with E-state index in [1.165, 1.54) is 29.7 Å². The van der Waals surface area contributed by atoms with Gasteiger partial charge in [0.15, 0.2) is 10.2 Å². The molecule has 0 unspecified atom stereocenters. The van der Waals surface area contributed by atoms with E-state index < -0.39 is 0 Å². The molecule has 0 atom stereocenters. The zero-order chi connectivity index (χ0) is 18.5. The van der Waals surface area contributed by atoms with Gasteiger partial charge in [0.05, 0.1) is 10.2 Å². The van der Waals surface area contributed by atoms with Gasteiger partial charge in [-0.2, -0.15) is 0 Å². The van der Waals surface area contributed by atoms with Gasteiger partial charge >= 0.3 is 0 Å². The molecule has 1 heterocycles. The molecule has 0 radical (unpaired) electrons. The number of aromatic nitrogens is 1. The van der Waals surface area contributed by atoms with Crippen LogP contribution in [0.15, 0.2) is 46.9 Å². The van der Waals surface area contributed by atoms with Crippen LogP contribution in [0.3, 0.4) is 0 Å². The Balaban J connectivity index is 1.66. The third-order valence-electron chi connectivity index (χ3n) is 3.81. The number of thiocarbonyl (C=S) groups is 1. The molecule has 0 spiro atoms. The molecule has 0 saturated heterocycles. The molecule has 0 fully saturated rings. The quantitative estimate of drug-likeness (QED) is 0.504. The van der Waals surface area contributed by atoms with Crippen LogP contribution in [-0.2, 0) is 6.42 Å². The molecular weight excluding hydrogens is 430 g/mol. The zero-order valence-electron chi connectivity index (χ0n) is 14.2. The molecule has 26 heavy (non-hydrogen) atoms. The minimum atomic E-state index is -0.258. The predicted octanol–water partition coefficient (Wildman–Crippen LogP) is 5.53. The Kier molecular flexibility index (Phi) is 6.34. The van der Waals surface area contributed by atoms with Crippen molar-refractivity contribution in [3.8, 4) is 0 Å². The number of unbranched alkanes of at least 4 members (excludes halogenated alkanes) is 1. The number of aryl methyl sites for hydroxylation is 1. The summed E-state index contributed by atoms with van der Waals surface area (Å²) < 4.78 is 1.95. The van der Waals surface area contributed by atoms with Gasteiger partial charge in [0.25, 0.3) is 5.91 Å². The van der Waals surface area contributed by atoms with E-state index in [1.807, 2.05) is 12.1 Å². The van der Waals surface area contributed by atoms with Crippen molar-refractivity contribution < 1.29 is 4.79 Å². The second-order valence-corrected chi connectivity index (χ2v) is 8.20. The van der Waals surface area contributed by atoms with E-state index >= 15 is 0 Å². The highest BCUT2D eigenvalue weighted by Gasteiger charge is 2.10. The maximum Gasteiger partial charge on any atom is 0.257 e. The Morgan fingerprint density at radius 1 is 1.27 bits per heavy atom. The monoisotopic (exact) mass is 447 g/mol. The third-order valence-corrected chi connectivity index (χ3v) is 5.44. The van der Waals surface area contributed by atoms with Crippen LogP contribution < -0.4 is 10.6 Å². The number of amides is 1. The van der Waals surface area contributed by atoms with Gasteiger partial charge in [-0.15, -0.1) is 0 Å². The topological polar surface area (TPSA) is 54.0 Å². The fourth-order valence-corrected chi connectivity index (χ4v) is 4.08. The highest BCUT2D eigenvalue weighted by Crippen LogP contribution is 2.27. The van der Waals surface area contributed by atoms with Crippen molar-refractivity contribution in [1.82, 2.24) is 10.3 Å². The Hall–Kier alpha value is -1.83. The molecule has 7 heteroatoms. The first-order valence-corrected chi connectivity index (χ1v) is 10.3. The first kappa shape index (κ1) is 18.9. The van der Waals surface area contributed by atoms with Crippen molar-refractivity contribution in [2.45, 2.75) is 26.2 Å². The summed E-state index contributed by atoms with van der Waals surface area (Å²) in [7, 11) is 0. The van der Waals surface area contributed by atoms with Gasteiger partial charge in [-0.25, -0.2) is 4.98 Å². The van der Waals surface area contributed by atoms with E-state index in [4.69, 9.17) is 12.2 Å². The standard InChI is InChI=1S/C19H18BrN3OS2/c1-2-3-5-12-8-9-15-16(10-12)26-19(21-15)23-18(25)22-17(24)13-6-4-7-14(20)11-13/h4,6-11H,2-3,5H2,1H3,(H2,21,22,23,24,25).